The van der Waals surface area contributed by atoms with Crippen molar-refractivity contribution < 1.29 is 74.4 Å². The van der Waals surface area contributed by atoms with Crippen molar-refractivity contribution >= 4 is 51.2 Å². The first-order valence-electron chi connectivity index (χ1n) is 22.5. The van der Waals surface area contributed by atoms with Gasteiger partial charge in [0.2, 0.25) is 0 Å². The first-order chi connectivity index (χ1) is 31.7. The van der Waals surface area contributed by atoms with Crippen molar-refractivity contribution in [1.82, 2.24) is 0 Å². The number of fused-ring (bicyclic) bond motifs is 3. The summed E-state index contributed by atoms with van der Waals surface area (Å²) in [7, 11) is 16.3. The van der Waals surface area contributed by atoms with Crippen LogP contribution in [0.1, 0.15) is 129 Å². The van der Waals surface area contributed by atoms with Crippen LogP contribution in [-0.4, -0.2) is 7.85 Å². The van der Waals surface area contributed by atoms with Crippen LogP contribution in [0.25, 0.3) is 0 Å². The van der Waals surface area contributed by atoms with Gasteiger partial charge < -0.3 is 32.3 Å². The molecule has 6 aromatic carbocycles. The maximum Gasteiger partial charge on any atom is 0.165 e. The summed E-state index contributed by atoms with van der Waals surface area (Å²) in [5, 5.41) is 0. The molecule has 3 aliphatic heterocycles. The number of hydrogen-bond donors (Lipinski definition) is 0. The van der Waals surface area contributed by atoms with E-state index < -0.39 is 6.10 Å². The van der Waals surface area contributed by atoms with Gasteiger partial charge in [-0.25, -0.2) is 0 Å². The van der Waals surface area contributed by atoms with E-state index in [2.05, 4.69) is 161 Å². The maximum atomic E-state index is 7.59. The van der Waals surface area contributed by atoms with Gasteiger partial charge in [0.15, 0.2) is 11.5 Å². The van der Waals surface area contributed by atoms with E-state index in [1.165, 1.54) is 38.9 Å². The van der Waals surface area contributed by atoms with Gasteiger partial charge in [0.05, 0.1) is 37.9 Å². The van der Waals surface area contributed by atoms with E-state index in [0.29, 0.717) is 34.2 Å². The van der Waals surface area contributed by atoms with Crippen LogP contribution >= 0.6 is 37.9 Å². The number of rotatable bonds is 9. The SMILES string of the molecule is [B]c1c(OP)cc(OP)c2c1OC(c1ccc(OP)c(OP)c1)C(C)C2c1[c-]cc(C)c2c1OC(c1ccc(C)c(C)c1)C(C)C2c1[c-]cc(C)c2c1OC(c1ccc(C)c(C)c1)C(C)C2.[Mo].[Mo]. The van der Waals surface area contributed by atoms with E-state index in [1.54, 1.807) is 0 Å². The molecule has 0 aliphatic carbocycles. The summed E-state index contributed by atoms with van der Waals surface area (Å²) in [5.74, 6) is 3.71. The molecule has 14 heteroatoms. The van der Waals surface area contributed by atoms with Gasteiger partial charge in [0, 0.05) is 83.0 Å². The number of aryl methyl sites for hydroxylation is 6. The minimum Gasteiger partial charge on any atom is -0.543 e. The minimum absolute atomic E-state index is 0. The molecule has 0 amide bonds. The molecule has 0 bridgehead atoms. The summed E-state index contributed by atoms with van der Waals surface area (Å²) in [6, 6.07) is 33.0. The van der Waals surface area contributed by atoms with Crippen LogP contribution in [0.5, 0.6) is 40.2 Å². The fourth-order valence-corrected chi connectivity index (χ4v) is 11.5. The molecule has 3 aliphatic rings. The monoisotopic (exact) mass is 1150 g/mol. The number of hydrogen-bond acceptors (Lipinski definition) is 7. The van der Waals surface area contributed by atoms with E-state index >= 15 is 0 Å². The quantitative estimate of drug-likeness (QED) is 0.0812. The molecule has 0 spiro atoms. The predicted molar refractivity (Wildman–Crippen MR) is 276 cm³/mol. The third-order valence-corrected chi connectivity index (χ3v) is 15.6. The van der Waals surface area contributed by atoms with Gasteiger partial charge in [0.25, 0.3) is 0 Å². The Morgan fingerprint density at radius 1 is 0.500 bits per heavy atom. The summed E-state index contributed by atoms with van der Waals surface area (Å²) in [4.78, 5) is 0. The molecule has 0 aromatic heterocycles. The summed E-state index contributed by atoms with van der Waals surface area (Å²) < 4.78 is 45.1. The van der Waals surface area contributed by atoms with Crippen LogP contribution in [0.15, 0.2) is 72.8 Å². The standard InChI is InChI=1S/C54H57BO7P4.2Mo/c1-25-10-14-34(20-29(25)5)49-31(7)22-39-27(3)12-17-37(52(39)56-49)45-32(8)50(35-15-11-26(2)30(6)21-35)57-53-38(18-13-28(4)44(45)53)46-33(9)51(36-16-19-40(59-63)41(23-36)60-64)58-54-47(46)42(61-65)24-43(62-66)48(54)55;;/h10-16,19-21,23-24,31-33,45-46,49-51H,22,63-66H2,1-9H3;;/q-2;;. The van der Waals surface area contributed by atoms with Crippen molar-refractivity contribution in [3.8, 4) is 40.2 Å². The molecule has 6 aromatic rings. The molecule has 68 heavy (non-hydrogen) atoms. The van der Waals surface area contributed by atoms with Crippen LogP contribution in [0.4, 0.5) is 0 Å². The van der Waals surface area contributed by atoms with Crippen LogP contribution in [-0.2, 0) is 48.6 Å². The summed E-state index contributed by atoms with van der Waals surface area (Å²) >= 11 is 0. The second kappa shape index (κ2) is 21.4. The second-order valence-corrected chi connectivity index (χ2v) is 19.6. The van der Waals surface area contributed by atoms with Crippen molar-refractivity contribution in [1.29, 1.82) is 0 Å². The Hall–Kier alpha value is -2.92. The van der Waals surface area contributed by atoms with Gasteiger partial charge >= 0.3 is 0 Å². The zero-order valence-electron chi connectivity index (χ0n) is 39.8. The van der Waals surface area contributed by atoms with Gasteiger partial charge in [-0.3, -0.25) is 0 Å². The summed E-state index contributed by atoms with van der Waals surface area (Å²) in [6.45, 7) is 19.8. The molecule has 0 saturated carbocycles. The molecule has 0 N–H and O–H groups in total. The largest absolute Gasteiger partial charge is 0.543 e. The third-order valence-electron chi connectivity index (χ3n) is 14.6. The van der Waals surface area contributed by atoms with Crippen LogP contribution in [0, 0.1) is 71.4 Å². The van der Waals surface area contributed by atoms with Crippen LogP contribution in [0.3, 0.4) is 0 Å². The molecule has 3 heterocycles. The van der Waals surface area contributed by atoms with E-state index in [1.807, 2.05) is 24.3 Å². The molecular weight excluding hydrogens is 1090 g/mol. The van der Waals surface area contributed by atoms with Crippen molar-refractivity contribution in [3.63, 3.8) is 0 Å². The average Bonchev–Trinajstić information content (AvgIpc) is 3.31. The smallest absolute Gasteiger partial charge is 0.165 e. The van der Waals surface area contributed by atoms with E-state index in [0.717, 1.165) is 56.9 Å². The third kappa shape index (κ3) is 9.25. The Labute approximate surface area is 442 Å². The first-order valence-corrected chi connectivity index (χ1v) is 24.4. The Bertz CT molecular complexity index is 2880. The molecule has 12 atom stereocenters. The Morgan fingerprint density at radius 2 is 0.985 bits per heavy atom. The van der Waals surface area contributed by atoms with Crippen molar-refractivity contribution in [2.45, 2.75) is 98.9 Å². The first kappa shape index (κ1) is 52.9. The zero-order chi connectivity index (χ0) is 46.9. The van der Waals surface area contributed by atoms with Gasteiger partial charge in [-0.05, 0) is 102 Å². The normalized spacial score (nSPS) is 22.3. The Balaban J connectivity index is 0.00000342. The molecule has 7 nitrogen and oxygen atoms in total. The van der Waals surface area contributed by atoms with E-state index in [4.69, 9.17) is 40.2 Å². The van der Waals surface area contributed by atoms with Crippen molar-refractivity contribution in [3.05, 3.63) is 163 Å². The predicted octanol–water partition coefficient (Wildman–Crippen LogP) is 12.7. The van der Waals surface area contributed by atoms with E-state index in [9.17, 15) is 0 Å². The fourth-order valence-electron chi connectivity index (χ4n) is 10.7. The molecule has 12 unspecified atom stereocenters. The Morgan fingerprint density at radius 3 is 1.56 bits per heavy atom. The van der Waals surface area contributed by atoms with Crippen molar-refractivity contribution in [2.24, 2.45) is 17.8 Å². The van der Waals surface area contributed by atoms with Crippen LogP contribution in [0.2, 0.25) is 0 Å². The van der Waals surface area contributed by atoms with Crippen LogP contribution < -0.4 is 37.8 Å². The molecule has 0 saturated heterocycles. The minimum atomic E-state index is -0.506. The fraction of sp³-hybridized carbons (Fsp3) is 0.333. The number of benzene rings is 6. The second-order valence-electron chi connectivity index (χ2n) is 18.7. The van der Waals surface area contributed by atoms with Crippen molar-refractivity contribution in [2.75, 3.05) is 0 Å². The van der Waals surface area contributed by atoms with Gasteiger partial charge in [0.1, 0.15) is 43.4 Å². The molecule has 0 fully saturated rings. The van der Waals surface area contributed by atoms with Gasteiger partial charge in [-0.1, -0.05) is 77.1 Å². The molecule has 352 valence electrons. The topological polar surface area (TPSA) is 64.6 Å². The summed E-state index contributed by atoms with van der Waals surface area (Å²) in [6.07, 6.45) is -0.0615. The maximum absolute atomic E-state index is 7.59. The van der Waals surface area contributed by atoms with Gasteiger partial charge in [-0.2, -0.15) is 35.4 Å². The molecule has 2 radical (unpaired) electrons. The molecular formula is C54H57BMo2O7P4-2. The zero-order valence-corrected chi connectivity index (χ0v) is 48.4. The summed E-state index contributed by atoms with van der Waals surface area (Å²) in [5.41, 5.74) is 15.8. The van der Waals surface area contributed by atoms with Gasteiger partial charge in [-0.15, -0.1) is 22.3 Å². The number of ether oxygens (including phenoxy) is 3. The van der Waals surface area contributed by atoms with E-state index in [-0.39, 0.29) is 83.9 Å². The average molecular weight is 1140 g/mol. The Kier molecular flexibility index (Phi) is 16.7. The molecule has 9 rings (SSSR count).